The number of carboxylic acids is 1. The average Bonchev–Trinajstić information content (AvgIpc) is 2.60. The first-order valence-corrected chi connectivity index (χ1v) is 9.78. The molecule has 0 spiro atoms. The van der Waals surface area contributed by atoms with E-state index in [9.17, 15) is 9.59 Å². The monoisotopic (exact) mass is 391 g/mol. The van der Waals surface area contributed by atoms with Gasteiger partial charge in [-0.2, -0.15) is 0 Å². The van der Waals surface area contributed by atoms with E-state index >= 15 is 0 Å². The molecule has 0 aliphatic heterocycles. The largest absolute Gasteiger partial charge is 0.478 e. The second-order valence-electron chi connectivity index (χ2n) is 6.22. The fraction of sp³-hybridized carbons (Fsp3) is 0.300. The summed E-state index contributed by atoms with van der Waals surface area (Å²) in [5.41, 5.74) is 1.68. The average molecular weight is 392 g/mol. The van der Waals surface area contributed by atoms with Gasteiger partial charge in [-0.1, -0.05) is 31.5 Å². The molecule has 2 aromatic rings. The SMILES string of the molecule is CC(C)c1ccc(C(=O)O)cc1NC(=O)CCCSc1ccc(Cl)cc1. The van der Waals surface area contributed by atoms with Gasteiger partial charge in [0.2, 0.25) is 5.91 Å². The number of carbonyl (C=O) groups is 2. The second-order valence-corrected chi connectivity index (χ2v) is 7.82. The van der Waals surface area contributed by atoms with Gasteiger partial charge in [-0.15, -0.1) is 11.8 Å². The van der Waals surface area contributed by atoms with Crippen molar-refractivity contribution in [3.63, 3.8) is 0 Å². The predicted molar refractivity (Wildman–Crippen MR) is 108 cm³/mol. The van der Waals surface area contributed by atoms with Gasteiger partial charge >= 0.3 is 5.97 Å². The van der Waals surface area contributed by atoms with Crippen LogP contribution in [0.1, 0.15) is 48.5 Å². The Morgan fingerprint density at radius 1 is 1.15 bits per heavy atom. The van der Waals surface area contributed by atoms with Crippen molar-refractivity contribution < 1.29 is 14.7 Å². The Balaban J connectivity index is 1.89. The Hall–Kier alpha value is -1.98. The van der Waals surface area contributed by atoms with Gasteiger partial charge < -0.3 is 10.4 Å². The van der Waals surface area contributed by atoms with Gasteiger partial charge in [-0.25, -0.2) is 4.79 Å². The molecule has 0 heterocycles. The zero-order chi connectivity index (χ0) is 19.1. The van der Waals surface area contributed by atoms with Crippen LogP contribution in [0, 0.1) is 0 Å². The molecule has 0 bridgehead atoms. The highest BCUT2D eigenvalue weighted by Gasteiger charge is 2.13. The van der Waals surface area contributed by atoms with E-state index in [0.29, 0.717) is 17.1 Å². The number of anilines is 1. The molecule has 0 aliphatic carbocycles. The Bertz CT molecular complexity index is 775. The van der Waals surface area contributed by atoms with Gasteiger partial charge in [-0.3, -0.25) is 4.79 Å². The maximum atomic E-state index is 12.2. The molecule has 0 aliphatic rings. The molecular formula is C20H22ClNO3S. The Morgan fingerprint density at radius 2 is 1.85 bits per heavy atom. The minimum Gasteiger partial charge on any atom is -0.478 e. The van der Waals surface area contributed by atoms with E-state index < -0.39 is 5.97 Å². The fourth-order valence-corrected chi connectivity index (χ4v) is 3.45. The molecule has 0 radical (unpaired) electrons. The summed E-state index contributed by atoms with van der Waals surface area (Å²) in [4.78, 5) is 24.5. The molecule has 6 heteroatoms. The summed E-state index contributed by atoms with van der Waals surface area (Å²) in [6.07, 6.45) is 1.12. The number of halogens is 1. The van der Waals surface area contributed by atoms with Crippen LogP contribution < -0.4 is 5.32 Å². The lowest BCUT2D eigenvalue weighted by atomic mass is 9.99. The highest BCUT2D eigenvalue weighted by molar-refractivity contribution is 7.99. The molecule has 138 valence electrons. The summed E-state index contributed by atoms with van der Waals surface area (Å²) in [5, 5.41) is 12.7. The number of hydrogen-bond donors (Lipinski definition) is 2. The smallest absolute Gasteiger partial charge is 0.335 e. The Morgan fingerprint density at radius 3 is 2.46 bits per heavy atom. The molecule has 0 saturated carbocycles. The van der Waals surface area contributed by atoms with E-state index in [1.165, 1.54) is 6.07 Å². The molecule has 2 aromatic carbocycles. The lowest BCUT2D eigenvalue weighted by Gasteiger charge is -2.14. The summed E-state index contributed by atoms with van der Waals surface area (Å²) in [6.45, 7) is 4.02. The van der Waals surface area contributed by atoms with E-state index in [1.807, 2.05) is 38.1 Å². The number of carboxylic acid groups (broad SMARTS) is 1. The van der Waals surface area contributed by atoms with Gasteiger partial charge in [-0.05, 0) is 60.1 Å². The van der Waals surface area contributed by atoms with Crippen molar-refractivity contribution in [3.05, 3.63) is 58.6 Å². The van der Waals surface area contributed by atoms with Crippen LogP contribution in [0.15, 0.2) is 47.4 Å². The van der Waals surface area contributed by atoms with E-state index in [2.05, 4.69) is 5.32 Å². The van der Waals surface area contributed by atoms with Crippen LogP contribution in [0.25, 0.3) is 0 Å². The number of rotatable bonds is 8. The normalized spacial score (nSPS) is 10.8. The first kappa shape index (κ1) is 20.3. The van der Waals surface area contributed by atoms with Gasteiger partial charge in [0.05, 0.1) is 5.56 Å². The molecule has 2 rings (SSSR count). The van der Waals surface area contributed by atoms with Crippen molar-refractivity contribution in [2.75, 3.05) is 11.1 Å². The number of nitrogens with one attached hydrogen (secondary N) is 1. The van der Waals surface area contributed by atoms with Crippen molar-refractivity contribution >= 4 is 40.9 Å². The minimum atomic E-state index is -1.00. The number of hydrogen-bond acceptors (Lipinski definition) is 3. The number of benzene rings is 2. The molecular weight excluding hydrogens is 370 g/mol. The topological polar surface area (TPSA) is 66.4 Å². The molecule has 4 nitrogen and oxygen atoms in total. The van der Waals surface area contributed by atoms with Gasteiger partial charge in [0, 0.05) is 22.0 Å². The third-order valence-corrected chi connectivity index (χ3v) is 5.18. The highest BCUT2D eigenvalue weighted by Crippen LogP contribution is 2.26. The van der Waals surface area contributed by atoms with E-state index in [0.717, 1.165) is 22.6 Å². The molecule has 0 aromatic heterocycles. The summed E-state index contributed by atoms with van der Waals surface area (Å²) < 4.78 is 0. The third kappa shape index (κ3) is 6.07. The predicted octanol–water partition coefficient (Wildman–Crippen LogP) is 5.67. The summed E-state index contributed by atoms with van der Waals surface area (Å²) in [5.74, 6) is -0.101. The summed E-state index contributed by atoms with van der Waals surface area (Å²) in [6, 6.07) is 12.5. The quantitative estimate of drug-likeness (QED) is 0.449. The van der Waals surface area contributed by atoms with Crippen molar-refractivity contribution in [2.45, 2.75) is 37.5 Å². The lowest BCUT2D eigenvalue weighted by Crippen LogP contribution is -2.14. The van der Waals surface area contributed by atoms with E-state index in [-0.39, 0.29) is 17.4 Å². The van der Waals surface area contributed by atoms with Crippen molar-refractivity contribution in [3.8, 4) is 0 Å². The van der Waals surface area contributed by atoms with Crippen LogP contribution in [0.2, 0.25) is 5.02 Å². The van der Waals surface area contributed by atoms with E-state index in [4.69, 9.17) is 16.7 Å². The molecule has 0 unspecified atom stereocenters. The van der Waals surface area contributed by atoms with Crippen molar-refractivity contribution in [1.82, 2.24) is 0 Å². The van der Waals surface area contributed by atoms with Crippen LogP contribution in [0.3, 0.4) is 0 Å². The fourth-order valence-electron chi connectivity index (χ4n) is 2.47. The summed E-state index contributed by atoms with van der Waals surface area (Å²) in [7, 11) is 0. The van der Waals surface area contributed by atoms with Gasteiger partial charge in [0.1, 0.15) is 0 Å². The van der Waals surface area contributed by atoms with Crippen LogP contribution in [-0.2, 0) is 4.79 Å². The van der Waals surface area contributed by atoms with Crippen LogP contribution in [-0.4, -0.2) is 22.7 Å². The first-order chi connectivity index (χ1) is 12.4. The Labute approximate surface area is 163 Å². The summed E-state index contributed by atoms with van der Waals surface area (Å²) >= 11 is 7.53. The molecule has 0 fully saturated rings. The standard InChI is InChI=1S/C20H22ClNO3S/c1-13(2)17-10-5-14(20(24)25)12-18(17)22-19(23)4-3-11-26-16-8-6-15(21)7-9-16/h5-10,12-13H,3-4,11H2,1-2H3,(H,22,23)(H,24,25). The minimum absolute atomic E-state index is 0.105. The first-order valence-electron chi connectivity index (χ1n) is 8.42. The molecule has 1 amide bonds. The highest BCUT2D eigenvalue weighted by atomic mass is 35.5. The van der Waals surface area contributed by atoms with E-state index in [1.54, 1.807) is 23.9 Å². The van der Waals surface area contributed by atoms with Crippen LogP contribution >= 0.6 is 23.4 Å². The van der Waals surface area contributed by atoms with Gasteiger partial charge in [0.25, 0.3) is 0 Å². The molecule has 26 heavy (non-hydrogen) atoms. The maximum absolute atomic E-state index is 12.2. The van der Waals surface area contributed by atoms with Crippen LogP contribution in [0.5, 0.6) is 0 Å². The lowest BCUT2D eigenvalue weighted by molar-refractivity contribution is -0.116. The zero-order valence-electron chi connectivity index (χ0n) is 14.8. The second kappa shape index (κ2) is 9.64. The maximum Gasteiger partial charge on any atom is 0.335 e. The number of thioether (sulfide) groups is 1. The van der Waals surface area contributed by atoms with Crippen molar-refractivity contribution in [2.24, 2.45) is 0 Å². The molecule has 0 atom stereocenters. The van der Waals surface area contributed by atoms with Crippen LogP contribution in [0.4, 0.5) is 5.69 Å². The zero-order valence-corrected chi connectivity index (χ0v) is 16.4. The number of aromatic carboxylic acids is 1. The van der Waals surface area contributed by atoms with Gasteiger partial charge in [0.15, 0.2) is 0 Å². The molecule has 2 N–H and O–H groups in total. The van der Waals surface area contributed by atoms with Crippen molar-refractivity contribution in [1.29, 1.82) is 0 Å². The Kier molecular flexibility index (Phi) is 7.54. The number of amides is 1. The number of carbonyl (C=O) groups excluding carboxylic acids is 1. The molecule has 0 saturated heterocycles. The third-order valence-electron chi connectivity index (χ3n) is 3.83.